The third-order valence-corrected chi connectivity index (χ3v) is 4.41. The van der Waals surface area contributed by atoms with Gasteiger partial charge < -0.3 is 14.8 Å². The van der Waals surface area contributed by atoms with Crippen LogP contribution in [-0.2, 0) is 13.2 Å². The number of rotatable bonds is 5. The van der Waals surface area contributed by atoms with Gasteiger partial charge in [-0.25, -0.2) is 22.4 Å². The van der Waals surface area contributed by atoms with E-state index < -0.39 is 34.7 Å². The molecule has 0 atom stereocenters. The Labute approximate surface area is 167 Å². The SMILES string of the molecule is O=c1nc(OCc2cc(F)c(Oc3ccc(F)c(F)c3)c(F)c2)cc2n1CCCN2. The molecule has 30 heavy (non-hydrogen) atoms. The summed E-state index contributed by atoms with van der Waals surface area (Å²) in [5.74, 6) is -4.88. The molecule has 0 aliphatic carbocycles. The number of aromatic nitrogens is 2. The van der Waals surface area contributed by atoms with Crippen LogP contribution in [-0.4, -0.2) is 16.1 Å². The molecule has 2 aromatic carbocycles. The van der Waals surface area contributed by atoms with Crippen LogP contribution in [0.25, 0.3) is 0 Å². The molecule has 0 unspecified atom stereocenters. The van der Waals surface area contributed by atoms with E-state index in [0.29, 0.717) is 25.0 Å². The Morgan fingerprint density at radius 1 is 1.00 bits per heavy atom. The Kier molecular flexibility index (Phi) is 5.30. The second-order valence-corrected chi connectivity index (χ2v) is 6.55. The van der Waals surface area contributed by atoms with E-state index in [1.165, 1.54) is 10.6 Å². The Bertz CT molecular complexity index is 1140. The average Bonchev–Trinajstić information content (AvgIpc) is 2.72. The number of hydrogen-bond acceptors (Lipinski definition) is 5. The third kappa shape index (κ3) is 4.07. The van der Waals surface area contributed by atoms with Gasteiger partial charge in [-0.1, -0.05) is 0 Å². The third-order valence-electron chi connectivity index (χ3n) is 4.41. The number of nitrogens with one attached hydrogen (secondary N) is 1. The molecule has 156 valence electrons. The van der Waals surface area contributed by atoms with Gasteiger partial charge >= 0.3 is 5.69 Å². The lowest BCUT2D eigenvalue weighted by molar-refractivity contribution is 0.288. The van der Waals surface area contributed by atoms with Gasteiger partial charge in [0.25, 0.3) is 0 Å². The van der Waals surface area contributed by atoms with Gasteiger partial charge in [-0.05, 0) is 36.2 Å². The summed E-state index contributed by atoms with van der Waals surface area (Å²) in [5, 5.41) is 3.05. The molecule has 4 rings (SSSR count). The molecule has 0 amide bonds. The zero-order valence-corrected chi connectivity index (χ0v) is 15.4. The number of hydrogen-bond donors (Lipinski definition) is 1. The Morgan fingerprint density at radius 3 is 2.50 bits per heavy atom. The van der Waals surface area contributed by atoms with E-state index in [-0.39, 0.29) is 23.8 Å². The van der Waals surface area contributed by atoms with Crippen molar-refractivity contribution in [2.24, 2.45) is 0 Å². The highest BCUT2D eigenvalue weighted by Gasteiger charge is 2.16. The van der Waals surface area contributed by atoms with Crippen molar-refractivity contribution in [2.45, 2.75) is 19.6 Å². The maximum atomic E-state index is 14.3. The largest absolute Gasteiger partial charge is 0.473 e. The second kappa shape index (κ2) is 8.05. The van der Waals surface area contributed by atoms with Crippen LogP contribution in [0.5, 0.6) is 17.4 Å². The van der Waals surface area contributed by atoms with Crippen molar-refractivity contribution >= 4 is 5.82 Å². The predicted molar refractivity (Wildman–Crippen MR) is 98.7 cm³/mol. The molecule has 1 aliphatic heterocycles. The topological polar surface area (TPSA) is 65.4 Å². The van der Waals surface area contributed by atoms with Crippen molar-refractivity contribution in [1.82, 2.24) is 9.55 Å². The molecule has 0 bridgehead atoms. The van der Waals surface area contributed by atoms with E-state index in [2.05, 4.69) is 10.3 Å². The molecule has 1 N–H and O–H groups in total. The van der Waals surface area contributed by atoms with Crippen molar-refractivity contribution in [3.63, 3.8) is 0 Å². The monoisotopic (exact) mass is 421 g/mol. The minimum absolute atomic E-state index is 0.0172. The molecule has 0 radical (unpaired) electrons. The van der Waals surface area contributed by atoms with Crippen LogP contribution in [0.3, 0.4) is 0 Å². The summed E-state index contributed by atoms with van der Waals surface area (Å²) in [7, 11) is 0. The normalized spacial score (nSPS) is 12.8. The maximum Gasteiger partial charge on any atom is 0.352 e. The summed E-state index contributed by atoms with van der Waals surface area (Å²) >= 11 is 0. The number of halogens is 4. The van der Waals surface area contributed by atoms with Gasteiger partial charge in [0, 0.05) is 25.2 Å². The zero-order chi connectivity index (χ0) is 21.3. The lowest BCUT2D eigenvalue weighted by Gasteiger charge is -2.19. The van der Waals surface area contributed by atoms with Gasteiger partial charge in [0.2, 0.25) is 5.88 Å². The summed E-state index contributed by atoms with van der Waals surface area (Å²) in [5.41, 5.74) is -0.363. The minimum Gasteiger partial charge on any atom is -0.473 e. The van der Waals surface area contributed by atoms with E-state index in [0.717, 1.165) is 30.7 Å². The van der Waals surface area contributed by atoms with Gasteiger partial charge in [0.15, 0.2) is 29.0 Å². The molecule has 6 nitrogen and oxygen atoms in total. The Morgan fingerprint density at radius 2 is 1.77 bits per heavy atom. The maximum absolute atomic E-state index is 14.3. The summed E-state index contributed by atoms with van der Waals surface area (Å²) in [4.78, 5) is 15.8. The molecule has 0 saturated carbocycles. The van der Waals surface area contributed by atoms with Crippen molar-refractivity contribution in [3.05, 3.63) is 75.7 Å². The number of anilines is 1. The van der Waals surface area contributed by atoms with Crippen molar-refractivity contribution in [3.8, 4) is 17.4 Å². The second-order valence-electron chi connectivity index (χ2n) is 6.55. The first kappa shape index (κ1) is 19.7. The van der Waals surface area contributed by atoms with E-state index >= 15 is 0 Å². The molecule has 0 spiro atoms. The first-order valence-electron chi connectivity index (χ1n) is 9.00. The molecule has 0 fully saturated rings. The number of fused-ring (bicyclic) bond motifs is 1. The fourth-order valence-electron chi connectivity index (χ4n) is 2.98. The van der Waals surface area contributed by atoms with E-state index in [4.69, 9.17) is 9.47 Å². The predicted octanol–water partition coefficient (Wildman–Crippen LogP) is 3.99. The van der Waals surface area contributed by atoms with Crippen LogP contribution < -0.4 is 20.5 Å². The van der Waals surface area contributed by atoms with Gasteiger partial charge in [-0.3, -0.25) is 4.57 Å². The van der Waals surface area contributed by atoms with Gasteiger partial charge in [-0.15, -0.1) is 0 Å². The first-order valence-corrected chi connectivity index (χ1v) is 9.00. The lowest BCUT2D eigenvalue weighted by Crippen LogP contribution is -2.30. The smallest absolute Gasteiger partial charge is 0.352 e. The van der Waals surface area contributed by atoms with Crippen LogP contribution >= 0.6 is 0 Å². The molecule has 0 saturated heterocycles. The molecule has 1 aliphatic rings. The highest BCUT2D eigenvalue weighted by atomic mass is 19.2. The van der Waals surface area contributed by atoms with E-state index in [9.17, 15) is 22.4 Å². The Hall–Kier alpha value is -3.56. The van der Waals surface area contributed by atoms with E-state index in [1.54, 1.807) is 0 Å². The van der Waals surface area contributed by atoms with Crippen molar-refractivity contribution in [2.75, 3.05) is 11.9 Å². The highest BCUT2D eigenvalue weighted by molar-refractivity contribution is 5.40. The number of ether oxygens (including phenoxy) is 2. The Balaban J connectivity index is 1.50. The molecule has 1 aromatic heterocycles. The van der Waals surface area contributed by atoms with Crippen LogP contribution in [0.4, 0.5) is 23.4 Å². The average molecular weight is 421 g/mol. The summed E-state index contributed by atoms with van der Waals surface area (Å²) < 4.78 is 66.8. The van der Waals surface area contributed by atoms with Gasteiger partial charge in [0.05, 0.1) is 0 Å². The van der Waals surface area contributed by atoms with Gasteiger partial charge in [0.1, 0.15) is 18.2 Å². The van der Waals surface area contributed by atoms with Crippen molar-refractivity contribution < 1.29 is 27.0 Å². The molecule has 10 heteroatoms. The fraction of sp³-hybridized carbons (Fsp3) is 0.200. The lowest BCUT2D eigenvalue weighted by atomic mass is 10.2. The number of benzene rings is 2. The molecular weight excluding hydrogens is 406 g/mol. The quantitative estimate of drug-likeness (QED) is 0.632. The van der Waals surface area contributed by atoms with Crippen LogP contribution in [0.1, 0.15) is 12.0 Å². The molecule has 3 aromatic rings. The number of nitrogens with zero attached hydrogens (tertiary/aromatic N) is 2. The van der Waals surface area contributed by atoms with E-state index in [1.807, 2.05) is 0 Å². The summed E-state index contributed by atoms with van der Waals surface area (Å²) in [6.07, 6.45) is 0.798. The molecule has 2 heterocycles. The first-order chi connectivity index (χ1) is 14.4. The van der Waals surface area contributed by atoms with Crippen LogP contribution in [0, 0.1) is 23.3 Å². The summed E-state index contributed by atoms with van der Waals surface area (Å²) in [6, 6.07) is 5.99. The van der Waals surface area contributed by atoms with Crippen LogP contribution in [0.15, 0.2) is 41.2 Å². The zero-order valence-electron chi connectivity index (χ0n) is 15.4. The van der Waals surface area contributed by atoms with Gasteiger partial charge in [-0.2, -0.15) is 4.98 Å². The van der Waals surface area contributed by atoms with Crippen LogP contribution in [0.2, 0.25) is 0 Å². The summed E-state index contributed by atoms with van der Waals surface area (Å²) in [6.45, 7) is 0.998. The van der Waals surface area contributed by atoms with Crippen molar-refractivity contribution in [1.29, 1.82) is 0 Å². The standard InChI is InChI=1S/C20H15F4N3O3/c21-13-3-2-12(8-14(13)22)30-19-15(23)6-11(7-16(19)24)10-29-18-9-17-25-4-1-5-27(17)20(28)26-18/h2-3,6-9,25H,1,4-5,10H2. The highest BCUT2D eigenvalue weighted by Crippen LogP contribution is 2.30. The molecular formula is C20H15F4N3O3. The fourth-order valence-corrected chi connectivity index (χ4v) is 2.98. The minimum atomic E-state index is -1.21.